The van der Waals surface area contributed by atoms with Gasteiger partial charge in [-0.15, -0.1) is 0 Å². The maximum absolute atomic E-state index is 13.8. The fourth-order valence-corrected chi connectivity index (χ4v) is 4.39. The highest BCUT2D eigenvalue weighted by Gasteiger charge is 2.34. The minimum atomic E-state index is -3.84. The van der Waals surface area contributed by atoms with Gasteiger partial charge in [0, 0.05) is 12.8 Å². The molecular weight excluding hydrogens is 508 g/mol. The van der Waals surface area contributed by atoms with Crippen LogP contribution in [0.15, 0.2) is 53.8 Å². The van der Waals surface area contributed by atoms with Crippen LogP contribution in [0.2, 0.25) is 5.02 Å². The minimum absolute atomic E-state index is 0.0459. The highest BCUT2D eigenvalue weighted by Crippen LogP contribution is 2.35. The number of sulfone groups is 1. The van der Waals surface area contributed by atoms with E-state index in [0.29, 0.717) is 35.8 Å². The van der Waals surface area contributed by atoms with Crippen molar-refractivity contribution in [3.63, 3.8) is 0 Å². The number of aryl methyl sites for hydroxylation is 1. The van der Waals surface area contributed by atoms with E-state index >= 15 is 0 Å². The molecule has 10 nitrogen and oxygen atoms in total. The summed E-state index contributed by atoms with van der Waals surface area (Å²) < 4.78 is 35.2. The predicted octanol–water partition coefficient (Wildman–Crippen LogP) is 2.48. The summed E-state index contributed by atoms with van der Waals surface area (Å²) in [7, 11) is -3.84. The lowest BCUT2D eigenvalue weighted by Gasteiger charge is -2.31. The van der Waals surface area contributed by atoms with Crippen LogP contribution in [0.25, 0.3) is 0 Å². The van der Waals surface area contributed by atoms with Crippen LogP contribution in [-0.4, -0.2) is 54.6 Å². The van der Waals surface area contributed by atoms with Gasteiger partial charge in [0.25, 0.3) is 5.91 Å². The maximum atomic E-state index is 13.8. The van der Waals surface area contributed by atoms with Gasteiger partial charge >= 0.3 is 0 Å². The summed E-state index contributed by atoms with van der Waals surface area (Å²) >= 11 is 6.21. The van der Waals surface area contributed by atoms with Crippen molar-refractivity contribution in [3.05, 3.63) is 76.1 Å². The van der Waals surface area contributed by atoms with E-state index in [1.807, 2.05) is 19.1 Å². The normalized spacial score (nSPS) is 13.6. The van der Waals surface area contributed by atoms with Crippen molar-refractivity contribution in [2.75, 3.05) is 19.5 Å². The van der Waals surface area contributed by atoms with Gasteiger partial charge in [0.15, 0.2) is 17.2 Å². The molecule has 3 aromatic rings. The summed E-state index contributed by atoms with van der Waals surface area (Å²) in [6.07, 6.45) is 1.95. The van der Waals surface area contributed by atoms with Crippen molar-refractivity contribution < 1.29 is 27.5 Å². The van der Waals surface area contributed by atoms with Crippen molar-refractivity contribution in [1.82, 2.24) is 14.9 Å². The molecule has 0 saturated heterocycles. The number of rotatable bonds is 7. The number of nitrogens with two attached hydrogens (primary N) is 1. The summed E-state index contributed by atoms with van der Waals surface area (Å²) in [5.41, 5.74) is 7.52. The zero-order valence-electron chi connectivity index (χ0n) is 19.5. The van der Waals surface area contributed by atoms with Gasteiger partial charge < -0.3 is 20.1 Å². The third kappa shape index (κ3) is 5.42. The van der Waals surface area contributed by atoms with Crippen molar-refractivity contribution in [2.24, 2.45) is 5.73 Å². The van der Waals surface area contributed by atoms with Gasteiger partial charge in [-0.25, -0.2) is 18.4 Å². The monoisotopic (exact) mass is 530 g/mol. The van der Waals surface area contributed by atoms with Gasteiger partial charge in [0.05, 0.1) is 11.2 Å². The Hall–Kier alpha value is -3.70. The van der Waals surface area contributed by atoms with Crippen LogP contribution in [-0.2, 0) is 21.2 Å². The molecule has 1 aromatic heterocycles. The Labute approximate surface area is 212 Å². The Morgan fingerprint density at radius 1 is 1.11 bits per heavy atom. The molecule has 36 heavy (non-hydrogen) atoms. The second kappa shape index (κ2) is 10.1. The summed E-state index contributed by atoms with van der Waals surface area (Å²) in [6.45, 7) is 2.59. The summed E-state index contributed by atoms with van der Waals surface area (Å²) in [5, 5.41) is -0.743. The van der Waals surface area contributed by atoms with Gasteiger partial charge in [0.2, 0.25) is 20.9 Å². The second-order valence-corrected chi connectivity index (χ2v) is 10.6. The SMILES string of the molecule is Cc1ccc(CN(C(=O)c2nc(S(C)(=O)=O)ncc2Cl)C(C(N)=O)c2ccc3c(c2)OCCO3)cc1. The number of carbonyl (C=O) groups excluding carboxylic acids is 2. The van der Waals surface area contributed by atoms with E-state index in [-0.39, 0.29) is 17.3 Å². The Bertz CT molecular complexity index is 1430. The summed E-state index contributed by atoms with van der Waals surface area (Å²) in [4.78, 5) is 35.4. The van der Waals surface area contributed by atoms with E-state index in [4.69, 9.17) is 26.8 Å². The van der Waals surface area contributed by atoms with Crippen molar-refractivity contribution in [3.8, 4) is 11.5 Å². The van der Waals surface area contributed by atoms with Crippen LogP contribution >= 0.6 is 11.6 Å². The van der Waals surface area contributed by atoms with E-state index in [9.17, 15) is 18.0 Å². The zero-order valence-corrected chi connectivity index (χ0v) is 21.0. The van der Waals surface area contributed by atoms with E-state index in [0.717, 1.165) is 18.0 Å². The topological polar surface area (TPSA) is 142 Å². The van der Waals surface area contributed by atoms with Gasteiger partial charge in [-0.3, -0.25) is 9.59 Å². The van der Waals surface area contributed by atoms with Gasteiger partial charge in [-0.2, -0.15) is 0 Å². The molecule has 1 aliphatic heterocycles. The fourth-order valence-electron chi connectivity index (χ4n) is 3.71. The average Bonchev–Trinajstić information content (AvgIpc) is 2.83. The van der Waals surface area contributed by atoms with Crippen LogP contribution in [0, 0.1) is 6.92 Å². The number of hydrogen-bond acceptors (Lipinski definition) is 8. The molecule has 1 atom stereocenters. The number of carbonyl (C=O) groups is 2. The number of fused-ring (bicyclic) bond motifs is 1. The third-order valence-electron chi connectivity index (χ3n) is 5.45. The molecule has 12 heteroatoms. The van der Waals surface area contributed by atoms with Gasteiger partial charge in [0.1, 0.15) is 19.3 Å². The lowest BCUT2D eigenvalue weighted by atomic mass is 10.0. The minimum Gasteiger partial charge on any atom is -0.486 e. The summed E-state index contributed by atoms with van der Waals surface area (Å²) in [5.74, 6) is -0.708. The number of aromatic nitrogens is 2. The molecule has 188 valence electrons. The molecule has 0 aliphatic carbocycles. The molecule has 0 radical (unpaired) electrons. The van der Waals surface area contributed by atoms with E-state index < -0.39 is 32.8 Å². The van der Waals surface area contributed by atoms with Crippen LogP contribution in [0.1, 0.15) is 33.2 Å². The molecule has 2 aromatic carbocycles. The molecule has 0 bridgehead atoms. The first-order valence-electron chi connectivity index (χ1n) is 10.8. The first-order chi connectivity index (χ1) is 17.0. The number of nitrogens with zero attached hydrogens (tertiary/aromatic N) is 3. The molecule has 4 rings (SSSR count). The van der Waals surface area contributed by atoms with E-state index in [2.05, 4.69) is 9.97 Å². The molecule has 2 heterocycles. The third-order valence-corrected chi connectivity index (χ3v) is 6.59. The largest absolute Gasteiger partial charge is 0.486 e. The van der Waals surface area contributed by atoms with E-state index in [1.54, 1.807) is 30.3 Å². The quantitative estimate of drug-likeness (QED) is 0.459. The van der Waals surface area contributed by atoms with Gasteiger partial charge in [-0.1, -0.05) is 47.5 Å². The molecule has 2 N–H and O–H groups in total. The van der Waals surface area contributed by atoms with Crippen molar-refractivity contribution in [2.45, 2.75) is 24.7 Å². The molecule has 0 saturated carbocycles. The lowest BCUT2D eigenvalue weighted by Crippen LogP contribution is -2.42. The van der Waals surface area contributed by atoms with Crippen molar-refractivity contribution >= 4 is 33.3 Å². The first-order valence-corrected chi connectivity index (χ1v) is 13.1. The number of benzene rings is 2. The van der Waals surface area contributed by atoms with Crippen LogP contribution in [0.3, 0.4) is 0 Å². The maximum Gasteiger partial charge on any atom is 0.275 e. The standard InChI is InChI=1S/C24H23ClN4O6S/c1-14-3-5-15(6-4-14)13-29(23(31)20-17(25)12-27-24(28-20)36(2,32)33)21(22(26)30)16-7-8-18-19(11-16)35-10-9-34-18/h3-8,11-12,21H,9-10,13H2,1-2H3,(H2,26,30). The Morgan fingerprint density at radius 3 is 2.42 bits per heavy atom. The second-order valence-electron chi connectivity index (χ2n) is 8.25. The highest BCUT2D eigenvalue weighted by molar-refractivity contribution is 7.90. The summed E-state index contributed by atoms with van der Waals surface area (Å²) in [6, 6.07) is 10.9. The Balaban J connectivity index is 1.83. The molecular formula is C24H23ClN4O6S. The fraction of sp³-hybridized carbons (Fsp3) is 0.250. The first kappa shape index (κ1) is 25.4. The Kier molecular flexibility index (Phi) is 7.14. The molecule has 0 fully saturated rings. The van der Waals surface area contributed by atoms with Crippen molar-refractivity contribution in [1.29, 1.82) is 0 Å². The number of primary amides is 1. The molecule has 0 spiro atoms. The van der Waals surface area contributed by atoms with Crippen LogP contribution in [0.5, 0.6) is 11.5 Å². The highest BCUT2D eigenvalue weighted by atomic mass is 35.5. The number of hydrogen-bond donors (Lipinski definition) is 1. The predicted molar refractivity (Wildman–Crippen MR) is 131 cm³/mol. The van der Waals surface area contributed by atoms with Gasteiger partial charge in [-0.05, 0) is 30.2 Å². The lowest BCUT2D eigenvalue weighted by molar-refractivity contribution is -0.122. The van der Waals surface area contributed by atoms with Crippen LogP contribution in [0.4, 0.5) is 0 Å². The Morgan fingerprint density at radius 2 is 1.78 bits per heavy atom. The molecule has 1 aliphatic rings. The number of halogens is 1. The number of amides is 2. The van der Waals surface area contributed by atoms with E-state index in [1.165, 1.54) is 4.90 Å². The van der Waals surface area contributed by atoms with Crippen LogP contribution < -0.4 is 15.2 Å². The number of ether oxygens (including phenoxy) is 2. The molecule has 1 unspecified atom stereocenters. The smallest absolute Gasteiger partial charge is 0.275 e. The average molecular weight is 531 g/mol. The zero-order chi connectivity index (χ0) is 26.0. The molecule has 2 amide bonds.